The second-order valence-electron chi connectivity index (χ2n) is 6.71. The number of rotatable bonds is 4. The van der Waals surface area contributed by atoms with Crippen molar-refractivity contribution in [2.24, 2.45) is 11.3 Å². The average molecular weight is 307 g/mol. The van der Waals surface area contributed by atoms with Gasteiger partial charge in [0.25, 0.3) is 5.91 Å². The van der Waals surface area contributed by atoms with Gasteiger partial charge in [-0.05, 0) is 24.2 Å². The van der Waals surface area contributed by atoms with Crippen molar-refractivity contribution in [3.63, 3.8) is 0 Å². The molecule has 1 N–H and O–H groups in total. The second kappa shape index (κ2) is 6.15. The van der Waals surface area contributed by atoms with E-state index < -0.39 is 5.97 Å². The van der Waals surface area contributed by atoms with Crippen LogP contribution >= 0.6 is 0 Å². The average Bonchev–Trinajstić information content (AvgIpc) is 2.91. The maximum absolute atomic E-state index is 12.5. The lowest BCUT2D eigenvalue weighted by Gasteiger charge is -2.42. The molecule has 0 bridgehead atoms. The molecule has 1 aromatic rings. The maximum Gasteiger partial charge on any atom is 0.339 e. The van der Waals surface area contributed by atoms with Crippen molar-refractivity contribution in [1.29, 1.82) is 0 Å². The third kappa shape index (κ3) is 3.03. The van der Waals surface area contributed by atoms with Gasteiger partial charge in [-0.15, -0.1) is 0 Å². The van der Waals surface area contributed by atoms with E-state index in [-0.39, 0.29) is 22.6 Å². The highest BCUT2D eigenvalue weighted by atomic mass is 16.4. The number of aromatic carboxylic acids is 1. The van der Waals surface area contributed by atoms with Gasteiger partial charge in [0.15, 0.2) is 5.76 Å². The number of piperidine rings is 1. The lowest BCUT2D eigenvalue weighted by molar-refractivity contribution is 0.0479. The fourth-order valence-electron chi connectivity index (χ4n) is 2.93. The zero-order valence-corrected chi connectivity index (χ0v) is 13.8. The Morgan fingerprint density at radius 2 is 1.95 bits per heavy atom. The first kappa shape index (κ1) is 16.6. The molecule has 5 nitrogen and oxygen atoms in total. The van der Waals surface area contributed by atoms with Crippen LogP contribution in [0.15, 0.2) is 10.5 Å². The van der Waals surface area contributed by atoms with Crippen molar-refractivity contribution < 1.29 is 19.1 Å². The zero-order chi connectivity index (χ0) is 16.5. The fourth-order valence-corrected chi connectivity index (χ4v) is 2.93. The van der Waals surface area contributed by atoms with Gasteiger partial charge in [-0.25, -0.2) is 4.79 Å². The third-order valence-electron chi connectivity index (χ3n) is 5.16. The van der Waals surface area contributed by atoms with Gasteiger partial charge in [-0.3, -0.25) is 4.79 Å². The highest BCUT2D eigenvalue weighted by molar-refractivity contribution is 5.96. The third-order valence-corrected chi connectivity index (χ3v) is 5.16. The summed E-state index contributed by atoms with van der Waals surface area (Å²) in [7, 11) is 0. The van der Waals surface area contributed by atoms with Gasteiger partial charge in [0, 0.05) is 25.6 Å². The van der Waals surface area contributed by atoms with Crippen molar-refractivity contribution in [3.8, 4) is 0 Å². The summed E-state index contributed by atoms with van der Waals surface area (Å²) >= 11 is 0. The minimum absolute atomic E-state index is 0.0925. The lowest BCUT2D eigenvalue weighted by atomic mass is 9.72. The molecule has 0 aliphatic carbocycles. The van der Waals surface area contributed by atoms with Gasteiger partial charge in [-0.2, -0.15) is 0 Å². The number of carbonyl (C=O) groups is 2. The summed E-state index contributed by atoms with van der Waals surface area (Å²) in [4.78, 5) is 25.5. The Morgan fingerprint density at radius 1 is 1.36 bits per heavy atom. The van der Waals surface area contributed by atoms with Crippen LogP contribution in [-0.4, -0.2) is 35.0 Å². The first-order valence-electron chi connectivity index (χ1n) is 7.93. The smallest absolute Gasteiger partial charge is 0.339 e. The number of likely N-dealkylation sites (tertiary alicyclic amines) is 1. The Labute approximate surface area is 131 Å². The number of amides is 1. The molecular weight excluding hydrogens is 282 g/mol. The van der Waals surface area contributed by atoms with Crippen molar-refractivity contribution in [1.82, 2.24) is 4.90 Å². The molecule has 0 spiro atoms. The monoisotopic (exact) mass is 307 g/mol. The van der Waals surface area contributed by atoms with Crippen LogP contribution in [0.3, 0.4) is 0 Å². The Balaban J connectivity index is 2.12. The molecule has 1 aliphatic heterocycles. The van der Waals surface area contributed by atoms with E-state index in [1.165, 1.54) is 6.07 Å². The van der Waals surface area contributed by atoms with E-state index in [1.807, 2.05) is 6.92 Å². The van der Waals surface area contributed by atoms with Crippen molar-refractivity contribution in [3.05, 3.63) is 23.2 Å². The highest BCUT2D eigenvalue weighted by Gasteiger charge is 2.35. The number of furan rings is 1. The lowest BCUT2D eigenvalue weighted by Crippen LogP contribution is -2.43. The molecule has 0 atom stereocenters. The van der Waals surface area contributed by atoms with E-state index in [0.29, 0.717) is 31.2 Å². The molecule has 1 fully saturated rings. The topological polar surface area (TPSA) is 70.8 Å². The van der Waals surface area contributed by atoms with Crippen LogP contribution in [-0.2, 0) is 6.42 Å². The molecule has 0 aromatic carbocycles. The molecule has 2 rings (SSSR count). The van der Waals surface area contributed by atoms with Crippen LogP contribution in [0.25, 0.3) is 0 Å². The van der Waals surface area contributed by atoms with Crippen LogP contribution in [0.1, 0.15) is 67.2 Å². The van der Waals surface area contributed by atoms with Crippen molar-refractivity contribution in [2.45, 2.75) is 47.0 Å². The molecule has 0 saturated carbocycles. The molecule has 1 saturated heterocycles. The van der Waals surface area contributed by atoms with E-state index in [4.69, 9.17) is 9.52 Å². The predicted molar refractivity (Wildman–Crippen MR) is 83.1 cm³/mol. The Hall–Kier alpha value is -1.78. The Morgan fingerprint density at radius 3 is 2.36 bits per heavy atom. The number of nitrogens with zero attached hydrogens (tertiary/aromatic N) is 1. The number of hydrogen-bond acceptors (Lipinski definition) is 3. The van der Waals surface area contributed by atoms with Crippen molar-refractivity contribution in [2.75, 3.05) is 13.1 Å². The molecule has 0 radical (unpaired) electrons. The quantitative estimate of drug-likeness (QED) is 0.925. The first-order chi connectivity index (χ1) is 10.3. The number of carboxylic acids is 1. The fraction of sp³-hybridized carbons (Fsp3) is 0.647. The van der Waals surface area contributed by atoms with Gasteiger partial charge in [-0.1, -0.05) is 27.7 Å². The van der Waals surface area contributed by atoms with E-state index in [0.717, 1.165) is 12.8 Å². The van der Waals surface area contributed by atoms with E-state index >= 15 is 0 Å². The number of carboxylic acid groups (broad SMARTS) is 1. The predicted octanol–water partition coefficient (Wildman–Crippen LogP) is 3.44. The van der Waals surface area contributed by atoms with Crippen LogP contribution < -0.4 is 0 Å². The molecule has 2 heterocycles. The maximum atomic E-state index is 12.5. The molecule has 1 aromatic heterocycles. The van der Waals surface area contributed by atoms with Gasteiger partial charge in [0.1, 0.15) is 11.3 Å². The molecule has 22 heavy (non-hydrogen) atoms. The molecule has 1 aliphatic rings. The Kier molecular flexibility index (Phi) is 4.63. The van der Waals surface area contributed by atoms with Crippen LogP contribution in [0, 0.1) is 11.3 Å². The summed E-state index contributed by atoms with van der Waals surface area (Å²) in [6.07, 6.45) is 2.38. The normalized spacial score (nSPS) is 17.8. The van der Waals surface area contributed by atoms with Crippen molar-refractivity contribution >= 4 is 11.9 Å². The Bertz CT molecular complexity index is 565. The summed E-state index contributed by atoms with van der Waals surface area (Å²) in [5.74, 6) is -0.167. The SMILES string of the molecule is CCc1oc(C(=O)N2CCC(C)(C(C)C)CC2)cc1C(=O)O. The number of carbonyl (C=O) groups excluding carboxylic acids is 1. The summed E-state index contributed by atoms with van der Waals surface area (Å²) in [6.45, 7) is 9.90. The highest BCUT2D eigenvalue weighted by Crippen LogP contribution is 2.38. The first-order valence-corrected chi connectivity index (χ1v) is 7.93. The molecular formula is C17H25NO4. The van der Waals surface area contributed by atoms with E-state index in [2.05, 4.69) is 20.8 Å². The standard InChI is InChI=1S/C17H25NO4/c1-5-13-12(16(20)21)10-14(22-13)15(19)18-8-6-17(4,7-9-18)11(2)3/h10-11H,5-9H2,1-4H3,(H,20,21). The van der Waals surface area contributed by atoms with Gasteiger partial charge in [0.2, 0.25) is 0 Å². The van der Waals surface area contributed by atoms with Gasteiger partial charge in [0.05, 0.1) is 0 Å². The van der Waals surface area contributed by atoms with Gasteiger partial charge >= 0.3 is 5.97 Å². The molecule has 1 amide bonds. The largest absolute Gasteiger partial charge is 0.478 e. The molecule has 5 heteroatoms. The zero-order valence-electron chi connectivity index (χ0n) is 13.8. The summed E-state index contributed by atoms with van der Waals surface area (Å²) in [5.41, 5.74) is 0.357. The molecule has 0 unspecified atom stereocenters. The summed E-state index contributed by atoms with van der Waals surface area (Å²) in [5, 5.41) is 9.15. The van der Waals surface area contributed by atoms with Crippen LogP contribution in [0.5, 0.6) is 0 Å². The minimum Gasteiger partial charge on any atom is -0.478 e. The molecule has 122 valence electrons. The van der Waals surface area contributed by atoms with Crippen LogP contribution in [0.2, 0.25) is 0 Å². The summed E-state index contributed by atoms with van der Waals surface area (Å²) in [6, 6.07) is 1.36. The second-order valence-corrected chi connectivity index (χ2v) is 6.71. The summed E-state index contributed by atoms with van der Waals surface area (Å²) < 4.78 is 5.47. The number of hydrogen-bond donors (Lipinski definition) is 1. The van der Waals surface area contributed by atoms with Crippen LogP contribution in [0.4, 0.5) is 0 Å². The van der Waals surface area contributed by atoms with E-state index in [9.17, 15) is 9.59 Å². The van der Waals surface area contributed by atoms with E-state index in [1.54, 1.807) is 4.90 Å². The number of aryl methyl sites for hydroxylation is 1. The minimum atomic E-state index is -1.05. The van der Waals surface area contributed by atoms with Gasteiger partial charge < -0.3 is 14.4 Å².